The predicted molar refractivity (Wildman–Crippen MR) is 116 cm³/mol. The highest BCUT2D eigenvalue weighted by Gasteiger charge is 2.20. The molecule has 1 amide bonds. The molecule has 2 N–H and O–H groups in total. The van der Waals surface area contributed by atoms with Gasteiger partial charge < -0.3 is 5.32 Å². The summed E-state index contributed by atoms with van der Waals surface area (Å²) in [7, 11) is -3.92. The van der Waals surface area contributed by atoms with Gasteiger partial charge in [0.2, 0.25) is 10.0 Å². The summed E-state index contributed by atoms with van der Waals surface area (Å²) < 4.78 is 27.9. The van der Waals surface area contributed by atoms with Crippen LogP contribution in [0.1, 0.15) is 21.5 Å². The van der Waals surface area contributed by atoms with Gasteiger partial charge in [0, 0.05) is 22.8 Å². The minimum absolute atomic E-state index is 0.0287. The minimum Gasteiger partial charge on any atom is -0.322 e. The molecule has 3 aromatic carbocycles. The van der Waals surface area contributed by atoms with E-state index in [1.54, 1.807) is 37.3 Å². The van der Waals surface area contributed by atoms with E-state index in [0.717, 1.165) is 5.56 Å². The van der Waals surface area contributed by atoms with Crippen molar-refractivity contribution in [2.45, 2.75) is 18.4 Å². The zero-order valence-corrected chi connectivity index (χ0v) is 17.8. The van der Waals surface area contributed by atoms with Crippen molar-refractivity contribution in [2.24, 2.45) is 0 Å². The highest BCUT2D eigenvalue weighted by molar-refractivity contribution is 7.89. The van der Waals surface area contributed by atoms with Gasteiger partial charge in [-0.15, -0.1) is 0 Å². The Labute approximate surface area is 179 Å². The Bertz CT molecular complexity index is 1150. The highest BCUT2D eigenvalue weighted by Crippen LogP contribution is 2.26. The second kappa shape index (κ2) is 8.97. The molecule has 0 aliphatic heterocycles. The molecule has 8 heteroatoms. The summed E-state index contributed by atoms with van der Waals surface area (Å²) in [6.07, 6.45) is 0. The number of amides is 1. The summed E-state index contributed by atoms with van der Waals surface area (Å²) in [5, 5.41) is 3.29. The third kappa shape index (κ3) is 5.16. The number of sulfonamides is 1. The van der Waals surface area contributed by atoms with E-state index in [1.165, 1.54) is 18.2 Å². The molecule has 0 bridgehead atoms. The number of rotatable bonds is 6. The van der Waals surface area contributed by atoms with Crippen LogP contribution in [0.2, 0.25) is 10.0 Å². The van der Waals surface area contributed by atoms with E-state index in [4.69, 9.17) is 23.2 Å². The van der Waals surface area contributed by atoms with E-state index in [0.29, 0.717) is 16.3 Å². The van der Waals surface area contributed by atoms with Gasteiger partial charge in [-0.1, -0.05) is 59.6 Å². The van der Waals surface area contributed by atoms with Crippen molar-refractivity contribution in [2.75, 3.05) is 5.32 Å². The first-order valence-electron chi connectivity index (χ1n) is 8.67. The molecular formula is C21H18Cl2N2O3S. The average molecular weight is 449 g/mol. The fraction of sp³-hybridized carbons (Fsp3) is 0.0952. The van der Waals surface area contributed by atoms with Crippen molar-refractivity contribution < 1.29 is 13.2 Å². The number of anilines is 1. The van der Waals surface area contributed by atoms with E-state index in [-0.39, 0.29) is 22.0 Å². The number of hydrogen-bond acceptors (Lipinski definition) is 3. The van der Waals surface area contributed by atoms with E-state index < -0.39 is 15.9 Å². The predicted octanol–water partition coefficient (Wildman–Crippen LogP) is 5.03. The SMILES string of the molecule is Cc1c(Cl)cccc1NC(=O)c1ccc(Cl)c(S(=O)(=O)NCc2ccccc2)c1. The molecule has 0 unspecified atom stereocenters. The molecule has 29 heavy (non-hydrogen) atoms. The second-order valence-corrected chi connectivity index (χ2v) is 8.87. The molecular weight excluding hydrogens is 431 g/mol. The summed E-state index contributed by atoms with van der Waals surface area (Å²) in [4.78, 5) is 12.5. The van der Waals surface area contributed by atoms with Gasteiger partial charge in [-0.2, -0.15) is 0 Å². The molecule has 0 atom stereocenters. The van der Waals surface area contributed by atoms with Gasteiger partial charge in [-0.05, 0) is 48.4 Å². The van der Waals surface area contributed by atoms with Gasteiger partial charge in [-0.25, -0.2) is 13.1 Å². The molecule has 0 saturated carbocycles. The van der Waals surface area contributed by atoms with Crippen LogP contribution in [0.5, 0.6) is 0 Å². The number of carbonyl (C=O) groups is 1. The summed E-state index contributed by atoms with van der Waals surface area (Å²) in [5.74, 6) is -0.466. The van der Waals surface area contributed by atoms with Gasteiger partial charge in [0.1, 0.15) is 4.90 Å². The van der Waals surface area contributed by atoms with Crippen LogP contribution >= 0.6 is 23.2 Å². The van der Waals surface area contributed by atoms with Crippen LogP contribution in [-0.2, 0) is 16.6 Å². The van der Waals surface area contributed by atoms with Crippen molar-refractivity contribution in [1.82, 2.24) is 4.72 Å². The maximum Gasteiger partial charge on any atom is 0.255 e. The summed E-state index contributed by atoms with van der Waals surface area (Å²) in [6.45, 7) is 1.89. The first kappa shape index (κ1) is 21.3. The molecule has 3 rings (SSSR count). The quantitative estimate of drug-likeness (QED) is 0.554. The molecule has 0 spiro atoms. The Hall–Kier alpha value is -2.38. The van der Waals surface area contributed by atoms with Crippen LogP contribution in [-0.4, -0.2) is 14.3 Å². The summed E-state index contributed by atoms with van der Waals surface area (Å²) in [5.41, 5.74) is 2.23. The standard InChI is InChI=1S/C21H18Cl2N2O3S/c1-14-17(22)8-5-9-19(14)25-21(26)16-10-11-18(23)20(12-16)29(27,28)24-13-15-6-3-2-4-7-15/h2-12,24H,13H2,1H3,(H,25,26). The van der Waals surface area contributed by atoms with Crippen molar-refractivity contribution in [1.29, 1.82) is 0 Å². The smallest absolute Gasteiger partial charge is 0.255 e. The van der Waals surface area contributed by atoms with Crippen molar-refractivity contribution >= 4 is 44.8 Å². The highest BCUT2D eigenvalue weighted by atomic mass is 35.5. The van der Waals surface area contributed by atoms with Crippen LogP contribution in [0.3, 0.4) is 0 Å². The summed E-state index contributed by atoms with van der Waals surface area (Å²) in [6, 6.07) is 18.4. The van der Waals surface area contributed by atoms with Crippen LogP contribution < -0.4 is 10.0 Å². The molecule has 0 heterocycles. The largest absolute Gasteiger partial charge is 0.322 e. The second-order valence-electron chi connectivity index (χ2n) is 6.32. The number of hydrogen-bond donors (Lipinski definition) is 2. The molecule has 150 valence electrons. The third-order valence-corrected chi connectivity index (χ3v) is 6.60. The fourth-order valence-corrected chi connectivity index (χ4v) is 4.36. The topological polar surface area (TPSA) is 75.3 Å². The lowest BCUT2D eigenvalue weighted by Crippen LogP contribution is -2.24. The number of halogens is 2. The molecule has 0 aliphatic carbocycles. The van der Waals surface area contributed by atoms with E-state index in [2.05, 4.69) is 10.0 Å². The molecule has 0 aliphatic rings. The van der Waals surface area contributed by atoms with Crippen LogP contribution in [0.4, 0.5) is 5.69 Å². The lowest BCUT2D eigenvalue weighted by Gasteiger charge is -2.12. The van der Waals surface area contributed by atoms with Gasteiger partial charge >= 0.3 is 0 Å². The monoisotopic (exact) mass is 448 g/mol. The Morgan fingerprint density at radius 2 is 1.66 bits per heavy atom. The molecule has 5 nitrogen and oxygen atoms in total. The number of nitrogens with one attached hydrogen (secondary N) is 2. The zero-order chi connectivity index (χ0) is 21.0. The van der Waals surface area contributed by atoms with Gasteiger partial charge in [0.05, 0.1) is 5.02 Å². The van der Waals surface area contributed by atoms with E-state index >= 15 is 0 Å². The fourth-order valence-electron chi connectivity index (χ4n) is 2.64. The molecule has 0 saturated heterocycles. The van der Waals surface area contributed by atoms with Gasteiger partial charge in [0.15, 0.2) is 0 Å². The van der Waals surface area contributed by atoms with Crippen LogP contribution in [0.25, 0.3) is 0 Å². The Morgan fingerprint density at radius 3 is 2.38 bits per heavy atom. The summed E-state index contributed by atoms with van der Waals surface area (Å²) >= 11 is 12.2. The van der Waals surface area contributed by atoms with E-state index in [1.807, 2.05) is 18.2 Å². The normalized spacial score (nSPS) is 11.3. The van der Waals surface area contributed by atoms with Gasteiger partial charge in [0.25, 0.3) is 5.91 Å². The average Bonchev–Trinajstić information content (AvgIpc) is 2.71. The Kier molecular flexibility index (Phi) is 6.59. The number of benzene rings is 3. The Balaban J connectivity index is 1.83. The maximum atomic E-state index is 12.7. The lowest BCUT2D eigenvalue weighted by molar-refractivity contribution is 0.102. The first-order valence-corrected chi connectivity index (χ1v) is 10.9. The minimum atomic E-state index is -3.92. The first-order chi connectivity index (χ1) is 13.8. The Morgan fingerprint density at radius 1 is 0.931 bits per heavy atom. The third-order valence-electron chi connectivity index (χ3n) is 4.31. The van der Waals surface area contributed by atoms with E-state index in [9.17, 15) is 13.2 Å². The van der Waals surface area contributed by atoms with Crippen LogP contribution in [0, 0.1) is 6.92 Å². The molecule has 0 radical (unpaired) electrons. The van der Waals surface area contributed by atoms with Crippen LogP contribution in [0.15, 0.2) is 71.6 Å². The zero-order valence-electron chi connectivity index (χ0n) is 15.4. The lowest BCUT2D eigenvalue weighted by atomic mass is 10.1. The van der Waals surface area contributed by atoms with Crippen molar-refractivity contribution in [3.63, 3.8) is 0 Å². The molecule has 0 aromatic heterocycles. The molecule has 3 aromatic rings. The molecule has 0 fully saturated rings. The van der Waals surface area contributed by atoms with Crippen molar-refractivity contribution in [3.8, 4) is 0 Å². The maximum absolute atomic E-state index is 12.7. The van der Waals surface area contributed by atoms with Crippen molar-refractivity contribution in [3.05, 3.63) is 93.5 Å². The van der Waals surface area contributed by atoms with Gasteiger partial charge in [-0.3, -0.25) is 4.79 Å². The number of carbonyl (C=O) groups excluding carboxylic acids is 1.